The number of aryl methyl sites for hydroxylation is 1. The number of nitrogens with zero attached hydrogens (tertiary/aromatic N) is 2. The fraction of sp³-hybridized carbons (Fsp3) is 0.562. The lowest BCUT2D eigenvalue weighted by Crippen LogP contribution is -2.14. The molecule has 1 aliphatic rings. The molecular formula is C16H22N2O. The lowest BCUT2D eigenvalue weighted by molar-refractivity contribution is 0.140. The Morgan fingerprint density at radius 1 is 1.26 bits per heavy atom. The molecule has 1 saturated carbocycles. The number of aromatic nitrogens is 2. The number of hydrogen-bond acceptors (Lipinski definition) is 2. The number of benzene rings is 1. The molecule has 0 bridgehead atoms. The maximum Gasteiger partial charge on any atom is 0.109 e. The summed E-state index contributed by atoms with van der Waals surface area (Å²) in [6.07, 6.45) is 6.42. The molecule has 3 rings (SSSR count). The molecule has 1 aromatic carbocycles. The fourth-order valence-electron chi connectivity index (χ4n) is 3.26. The van der Waals surface area contributed by atoms with Crippen LogP contribution in [-0.2, 0) is 13.5 Å². The van der Waals surface area contributed by atoms with Crippen LogP contribution >= 0.6 is 0 Å². The van der Waals surface area contributed by atoms with Gasteiger partial charge in [0.25, 0.3) is 0 Å². The highest BCUT2D eigenvalue weighted by Crippen LogP contribution is 2.27. The van der Waals surface area contributed by atoms with Crippen LogP contribution in [0.15, 0.2) is 24.3 Å². The van der Waals surface area contributed by atoms with Gasteiger partial charge in [0.05, 0.1) is 17.1 Å². The molecule has 0 spiro atoms. The Balaban J connectivity index is 1.82. The van der Waals surface area contributed by atoms with E-state index in [4.69, 9.17) is 4.98 Å². The Bertz CT molecular complexity index is 561. The Morgan fingerprint density at radius 2 is 2.05 bits per heavy atom. The van der Waals surface area contributed by atoms with Gasteiger partial charge in [-0.1, -0.05) is 25.0 Å². The largest absolute Gasteiger partial charge is 0.393 e. The Labute approximate surface area is 114 Å². The third-order valence-electron chi connectivity index (χ3n) is 4.36. The molecule has 1 N–H and O–H groups in total. The average molecular weight is 258 g/mol. The van der Waals surface area contributed by atoms with E-state index in [-0.39, 0.29) is 6.10 Å². The molecule has 102 valence electrons. The maximum absolute atomic E-state index is 9.92. The van der Waals surface area contributed by atoms with Crippen molar-refractivity contribution in [3.05, 3.63) is 30.1 Å². The minimum atomic E-state index is -0.109. The summed E-state index contributed by atoms with van der Waals surface area (Å²) in [6.45, 7) is 0. The smallest absolute Gasteiger partial charge is 0.109 e. The van der Waals surface area contributed by atoms with Gasteiger partial charge in [-0.3, -0.25) is 0 Å². The van der Waals surface area contributed by atoms with E-state index in [0.717, 1.165) is 30.6 Å². The number of imidazole rings is 1. The lowest BCUT2D eigenvalue weighted by atomic mass is 9.95. The third-order valence-corrected chi connectivity index (χ3v) is 4.36. The van der Waals surface area contributed by atoms with E-state index in [2.05, 4.69) is 29.8 Å². The molecule has 1 fully saturated rings. The first kappa shape index (κ1) is 12.7. The number of rotatable bonds is 2. The molecule has 0 aliphatic heterocycles. The van der Waals surface area contributed by atoms with Gasteiger partial charge in [-0.25, -0.2) is 4.98 Å². The van der Waals surface area contributed by atoms with Crippen LogP contribution in [0.2, 0.25) is 0 Å². The van der Waals surface area contributed by atoms with Gasteiger partial charge in [0.2, 0.25) is 0 Å². The summed E-state index contributed by atoms with van der Waals surface area (Å²) in [5, 5.41) is 9.92. The summed E-state index contributed by atoms with van der Waals surface area (Å²) >= 11 is 0. The summed E-state index contributed by atoms with van der Waals surface area (Å²) in [4.78, 5) is 4.74. The van der Waals surface area contributed by atoms with Gasteiger partial charge >= 0.3 is 0 Å². The molecule has 0 amide bonds. The highest BCUT2D eigenvalue weighted by Gasteiger charge is 2.20. The Morgan fingerprint density at radius 3 is 2.89 bits per heavy atom. The molecule has 0 saturated heterocycles. The van der Waals surface area contributed by atoms with Gasteiger partial charge in [-0.2, -0.15) is 0 Å². The molecule has 3 nitrogen and oxygen atoms in total. The van der Waals surface area contributed by atoms with Gasteiger partial charge in [-0.15, -0.1) is 0 Å². The zero-order chi connectivity index (χ0) is 13.2. The van der Waals surface area contributed by atoms with Crippen LogP contribution in [0.5, 0.6) is 0 Å². The highest BCUT2D eigenvalue weighted by molar-refractivity contribution is 5.75. The van der Waals surface area contributed by atoms with E-state index in [1.807, 2.05) is 6.07 Å². The Hall–Kier alpha value is -1.35. The van der Waals surface area contributed by atoms with E-state index >= 15 is 0 Å². The van der Waals surface area contributed by atoms with Crippen LogP contribution in [0, 0.1) is 5.92 Å². The number of aliphatic hydroxyl groups is 1. The van der Waals surface area contributed by atoms with Crippen molar-refractivity contribution in [3.63, 3.8) is 0 Å². The molecule has 1 aromatic heterocycles. The van der Waals surface area contributed by atoms with E-state index < -0.39 is 0 Å². The first-order valence-corrected chi connectivity index (χ1v) is 7.32. The van der Waals surface area contributed by atoms with E-state index in [1.165, 1.54) is 24.8 Å². The predicted octanol–water partition coefficient (Wildman–Crippen LogP) is 3.06. The van der Waals surface area contributed by atoms with Crippen molar-refractivity contribution in [2.24, 2.45) is 13.0 Å². The first-order valence-electron chi connectivity index (χ1n) is 7.32. The minimum Gasteiger partial charge on any atom is -0.393 e. The SMILES string of the molecule is Cn1c(CC2CCCCC(O)C2)nc2ccccc21. The van der Waals surface area contributed by atoms with E-state index in [1.54, 1.807) is 0 Å². The molecule has 0 radical (unpaired) electrons. The zero-order valence-electron chi connectivity index (χ0n) is 11.5. The van der Waals surface area contributed by atoms with Crippen LogP contribution in [0.4, 0.5) is 0 Å². The monoisotopic (exact) mass is 258 g/mol. The standard InChI is InChI=1S/C16H22N2O/c1-18-15-9-5-4-8-14(15)17-16(18)11-12-6-2-3-7-13(19)10-12/h4-5,8-9,12-13,19H,2-3,6-7,10-11H2,1H3. The summed E-state index contributed by atoms with van der Waals surface area (Å²) in [5.74, 6) is 1.73. The van der Waals surface area contributed by atoms with Crippen LogP contribution in [0.25, 0.3) is 11.0 Å². The Kier molecular flexibility index (Phi) is 3.56. The zero-order valence-corrected chi connectivity index (χ0v) is 11.5. The normalized spacial score (nSPS) is 24.5. The highest BCUT2D eigenvalue weighted by atomic mass is 16.3. The molecule has 1 heterocycles. The van der Waals surface area contributed by atoms with Gasteiger partial charge < -0.3 is 9.67 Å². The summed E-state index contributed by atoms with van der Waals surface area (Å²) < 4.78 is 2.20. The van der Waals surface area contributed by atoms with Crippen LogP contribution in [-0.4, -0.2) is 20.8 Å². The van der Waals surface area contributed by atoms with Crippen molar-refractivity contribution in [2.75, 3.05) is 0 Å². The minimum absolute atomic E-state index is 0.109. The van der Waals surface area contributed by atoms with Crippen molar-refractivity contribution < 1.29 is 5.11 Å². The second-order valence-electron chi connectivity index (χ2n) is 5.82. The van der Waals surface area contributed by atoms with Gasteiger partial charge in [0.1, 0.15) is 5.82 Å². The van der Waals surface area contributed by atoms with Crippen LogP contribution in [0.3, 0.4) is 0 Å². The number of hydrogen-bond donors (Lipinski definition) is 1. The summed E-state index contributed by atoms with van der Waals surface area (Å²) in [7, 11) is 2.10. The number of aliphatic hydroxyl groups excluding tert-OH is 1. The van der Waals surface area contributed by atoms with Crippen molar-refractivity contribution in [2.45, 2.75) is 44.6 Å². The molecule has 2 atom stereocenters. The van der Waals surface area contributed by atoms with Gasteiger partial charge in [0.15, 0.2) is 0 Å². The van der Waals surface area contributed by atoms with Crippen LogP contribution in [0.1, 0.15) is 37.9 Å². The van der Waals surface area contributed by atoms with E-state index in [0.29, 0.717) is 5.92 Å². The van der Waals surface area contributed by atoms with Crippen molar-refractivity contribution in [1.82, 2.24) is 9.55 Å². The molecule has 3 heteroatoms. The fourth-order valence-corrected chi connectivity index (χ4v) is 3.26. The maximum atomic E-state index is 9.92. The summed E-state index contributed by atoms with van der Waals surface area (Å²) in [6, 6.07) is 8.28. The summed E-state index contributed by atoms with van der Waals surface area (Å²) in [5.41, 5.74) is 2.28. The molecular weight excluding hydrogens is 236 g/mol. The lowest BCUT2D eigenvalue weighted by Gasteiger charge is -2.16. The molecule has 2 unspecified atom stereocenters. The second kappa shape index (κ2) is 5.33. The molecule has 1 aliphatic carbocycles. The number of fused-ring (bicyclic) bond motifs is 1. The van der Waals surface area contributed by atoms with Gasteiger partial charge in [0, 0.05) is 13.5 Å². The molecule has 2 aromatic rings. The van der Waals surface area contributed by atoms with Crippen molar-refractivity contribution >= 4 is 11.0 Å². The van der Waals surface area contributed by atoms with Crippen molar-refractivity contribution in [3.8, 4) is 0 Å². The predicted molar refractivity (Wildman–Crippen MR) is 77.0 cm³/mol. The van der Waals surface area contributed by atoms with Crippen molar-refractivity contribution in [1.29, 1.82) is 0 Å². The number of para-hydroxylation sites is 2. The quantitative estimate of drug-likeness (QED) is 0.841. The molecule has 19 heavy (non-hydrogen) atoms. The average Bonchev–Trinajstić information content (AvgIpc) is 2.58. The van der Waals surface area contributed by atoms with Crippen LogP contribution < -0.4 is 0 Å². The topological polar surface area (TPSA) is 38.0 Å². The van der Waals surface area contributed by atoms with Gasteiger partial charge in [-0.05, 0) is 37.3 Å². The van der Waals surface area contributed by atoms with E-state index in [9.17, 15) is 5.11 Å². The second-order valence-corrected chi connectivity index (χ2v) is 5.82. The third kappa shape index (κ3) is 2.66. The first-order chi connectivity index (χ1) is 9.24.